The van der Waals surface area contributed by atoms with Crippen LogP contribution in [0.1, 0.15) is 18.4 Å². The van der Waals surface area contributed by atoms with E-state index in [1.54, 1.807) is 20.3 Å². The Morgan fingerprint density at radius 3 is 2.52 bits per heavy atom. The summed E-state index contributed by atoms with van der Waals surface area (Å²) in [7, 11) is 3.11. The van der Waals surface area contributed by atoms with E-state index in [2.05, 4.69) is 5.10 Å². The maximum absolute atomic E-state index is 12.6. The Bertz CT molecular complexity index is 756. The molecule has 1 aliphatic carbocycles. The van der Waals surface area contributed by atoms with Gasteiger partial charge in [0.15, 0.2) is 11.5 Å². The molecule has 1 heterocycles. The van der Waals surface area contributed by atoms with E-state index in [1.807, 2.05) is 24.3 Å². The molecule has 0 spiro atoms. The predicted octanol–water partition coefficient (Wildman–Crippen LogP) is 1.92. The van der Waals surface area contributed by atoms with Crippen molar-refractivity contribution in [3.63, 3.8) is 0 Å². The van der Waals surface area contributed by atoms with E-state index in [9.17, 15) is 9.59 Å². The van der Waals surface area contributed by atoms with Crippen LogP contribution >= 0.6 is 0 Å². The first-order valence-corrected chi connectivity index (χ1v) is 8.04. The van der Waals surface area contributed by atoms with Crippen LogP contribution in [0.5, 0.6) is 11.5 Å². The molecular weight excluding hydrogens is 324 g/mol. The second kappa shape index (κ2) is 6.96. The van der Waals surface area contributed by atoms with Crippen molar-refractivity contribution in [2.45, 2.75) is 12.8 Å². The van der Waals surface area contributed by atoms with Gasteiger partial charge in [-0.25, -0.2) is 5.01 Å². The Balaban J connectivity index is 2.05. The standard InChI is InChI=1S/C18H20N2O5/c1-24-14-8-7-11(9-15(14)25-2)17-12-5-3-4-6-13(12)18(23)20(19-17)10-16(21)22/h3-4,7-9,12-13H,5-6,10H2,1-2H3,(H,21,22)/t12-,13+/m1/s1. The van der Waals surface area contributed by atoms with Crippen LogP contribution in [0, 0.1) is 11.8 Å². The lowest BCUT2D eigenvalue weighted by atomic mass is 9.76. The molecule has 25 heavy (non-hydrogen) atoms. The summed E-state index contributed by atoms with van der Waals surface area (Å²) in [6, 6.07) is 5.44. The number of aliphatic carboxylic acids is 1. The molecule has 1 N–H and O–H groups in total. The summed E-state index contributed by atoms with van der Waals surface area (Å²) >= 11 is 0. The predicted molar refractivity (Wildman–Crippen MR) is 90.8 cm³/mol. The summed E-state index contributed by atoms with van der Waals surface area (Å²) in [5.74, 6) is -0.520. The number of hydrogen-bond donors (Lipinski definition) is 1. The van der Waals surface area contributed by atoms with E-state index in [0.29, 0.717) is 30.1 Å². The third-order valence-corrected chi connectivity index (χ3v) is 4.55. The highest BCUT2D eigenvalue weighted by Gasteiger charge is 2.40. The molecule has 0 unspecified atom stereocenters. The number of ether oxygens (including phenoxy) is 2. The zero-order valence-electron chi connectivity index (χ0n) is 14.1. The number of carboxylic acid groups (broad SMARTS) is 1. The maximum Gasteiger partial charge on any atom is 0.325 e. The van der Waals surface area contributed by atoms with Crippen molar-refractivity contribution >= 4 is 17.6 Å². The highest BCUT2D eigenvalue weighted by molar-refractivity contribution is 6.07. The first kappa shape index (κ1) is 17.0. The first-order chi connectivity index (χ1) is 12.0. The average Bonchev–Trinajstić information content (AvgIpc) is 2.63. The lowest BCUT2D eigenvalue weighted by Gasteiger charge is -2.36. The van der Waals surface area contributed by atoms with Gasteiger partial charge in [0.05, 0.1) is 25.8 Å². The number of hydrazone groups is 1. The molecule has 2 aliphatic rings. The van der Waals surface area contributed by atoms with E-state index in [0.717, 1.165) is 10.6 Å². The van der Waals surface area contributed by atoms with Gasteiger partial charge in [0.2, 0.25) is 5.91 Å². The number of rotatable bonds is 5. The minimum absolute atomic E-state index is 0.0688. The molecule has 3 rings (SSSR count). The van der Waals surface area contributed by atoms with Crippen LogP contribution < -0.4 is 9.47 Å². The van der Waals surface area contributed by atoms with Gasteiger partial charge in [-0.15, -0.1) is 0 Å². The quantitative estimate of drug-likeness (QED) is 0.825. The monoisotopic (exact) mass is 344 g/mol. The first-order valence-electron chi connectivity index (χ1n) is 8.04. The number of carbonyl (C=O) groups is 2. The largest absolute Gasteiger partial charge is 0.493 e. The van der Waals surface area contributed by atoms with Crippen molar-refractivity contribution in [1.82, 2.24) is 5.01 Å². The number of carboxylic acids is 1. The molecule has 0 saturated carbocycles. The van der Waals surface area contributed by atoms with E-state index < -0.39 is 12.5 Å². The minimum Gasteiger partial charge on any atom is -0.493 e. The zero-order chi connectivity index (χ0) is 18.0. The van der Waals surface area contributed by atoms with Crippen LogP contribution in [-0.4, -0.2) is 48.5 Å². The van der Waals surface area contributed by atoms with Gasteiger partial charge in [0.25, 0.3) is 0 Å². The smallest absolute Gasteiger partial charge is 0.325 e. The van der Waals surface area contributed by atoms with Crippen molar-refractivity contribution in [1.29, 1.82) is 0 Å². The van der Waals surface area contributed by atoms with Gasteiger partial charge in [-0.05, 0) is 31.0 Å². The number of nitrogens with zero attached hydrogens (tertiary/aromatic N) is 2. The van der Waals surface area contributed by atoms with Crippen LogP contribution in [0.2, 0.25) is 0 Å². The van der Waals surface area contributed by atoms with Gasteiger partial charge >= 0.3 is 5.97 Å². The Morgan fingerprint density at radius 1 is 1.20 bits per heavy atom. The SMILES string of the molecule is COc1ccc(C2=NN(CC(=O)O)C(=O)[C@H]3CC=CC[C@@H]23)cc1OC. The van der Waals surface area contributed by atoms with Gasteiger partial charge in [-0.1, -0.05) is 12.2 Å². The van der Waals surface area contributed by atoms with Crippen molar-refractivity contribution < 1.29 is 24.2 Å². The molecule has 0 saturated heterocycles. The Kier molecular flexibility index (Phi) is 4.74. The highest BCUT2D eigenvalue weighted by Crippen LogP contribution is 2.36. The fourth-order valence-electron chi connectivity index (χ4n) is 3.34. The molecular formula is C18H20N2O5. The summed E-state index contributed by atoms with van der Waals surface area (Å²) in [5.41, 5.74) is 1.50. The molecule has 132 valence electrons. The fourth-order valence-corrected chi connectivity index (χ4v) is 3.34. The fraction of sp³-hybridized carbons (Fsp3) is 0.389. The van der Waals surface area contributed by atoms with Gasteiger partial charge in [0, 0.05) is 11.5 Å². The van der Waals surface area contributed by atoms with E-state index in [-0.39, 0.29) is 17.7 Å². The van der Waals surface area contributed by atoms with Crippen molar-refractivity contribution in [3.8, 4) is 11.5 Å². The second-order valence-electron chi connectivity index (χ2n) is 6.00. The van der Waals surface area contributed by atoms with E-state index >= 15 is 0 Å². The summed E-state index contributed by atoms with van der Waals surface area (Å²) in [6.45, 7) is -0.442. The van der Waals surface area contributed by atoms with Crippen molar-refractivity contribution in [2.24, 2.45) is 16.9 Å². The maximum atomic E-state index is 12.6. The number of fused-ring (bicyclic) bond motifs is 1. The molecule has 0 aromatic heterocycles. The number of carbonyl (C=O) groups excluding carboxylic acids is 1. The summed E-state index contributed by atoms with van der Waals surface area (Å²) in [5, 5.41) is 14.5. The number of benzene rings is 1. The van der Waals surface area contributed by atoms with Gasteiger partial charge < -0.3 is 14.6 Å². The minimum atomic E-state index is -1.09. The normalized spacial score (nSPS) is 22.2. The van der Waals surface area contributed by atoms with Crippen LogP contribution in [0.4, 0.5) is 0 Å². The molecule has 0 fully saturated rings. The topological polar surface area (TPSA) is 88.4 Å². The molecule has 1 aromatic rings. The summed E-state index contributed by atoms with van der Waals surface area (Å²) in [6.07, 6.45) is 5.30. The van der Waals surface area contributed by atoms with Crippen LogP contribution in [0.3, 0.4) is 0 Å². The molecule has 7 nitrogen and oxygen atoms in total. The Labute approximate surface area is 145 Å². The zero-order valence-corrected chi connectivity index (χ0v) is 14.1. The summed E-state index contributed by atoms with van der Waals surface area (Å²) < 4.78 is 10.6. The number of allylic oxidation sites excluding steroid dienone is 2. The van der Waals surface area contributed by atoms with Crippen LogP contribution in [-0.2, 0) is 9.59 Å². The Hall–Kier alpha value is -2.83. The molecule has 1 amide bonds. The Morgan fingerprint density at radius 2 is 1.88 bits per heavy atom. The van der Waals surface area contributed by atoms with E-state index in [4.69, 9.17) is 14.6 Å². The van der Waals surface area contributed by atoms with Crippen LogP contribution in [0.15, 0.2) is 35.5 Å². The van der Waals surface area contributed by atoms with Gasteiger partial charge in [0.1, 0.15) is 6.54 Å². The van der Waals surface area contributed by atoms with Gasteiger partial charge in [-0.3, -0.25) is 9.59 Å². The van der Waals surface area contributed by atoms with Gasteiger partial charge in [-0.2, -0.15) is 5.10 Å². The number of hydrogen-bond acceptors (Lipinski definition) is 5. The number of methoxy groups -OCH3 is 2. The highest BCUT2D eigenvalue weighted by atomic mass is 16.5. The number of amides is 1. The third-order valence-electron chi connectivity index (χ3n) is 4.55. The molecule has 1 aromatic carbocycles. The second-order valence-corrected chi connectivity index (χ2v) is 6.00. The van der Waals surface area contributed by atoms with Crippen LogP contribution in [0.25, 0.3) is 0 Å². The lowest BCUT2D eigenvalue weighted by Crippen LogP contribution is -2.46. The molecule has 2 atom stereocenters. The van der Waals surface area contributed by atoms with E-state index in [1.165, 1.54) is 0 Å². The van der Waals surface area contributed by atoms with Crippen molar-refractivity contribution in [3.05, 3.63) is 35.9 Å². The molecule has 7 heteroatoms. The van der Waals surface area contributed by atoms with Crippen molar-refractivity contribution in [2.75, 3.05) is 20.8 Å². The lowest BCUT2D eigenvalue weighted by molar-refractivity contribution is -0.147. The summed E-state index contributed by atoms with van der Waals surface area (Å²) in [4.78, 5) is 23.7. The average molecular weight is 344 g/mol. The third kappa shape index (κ3) is 3.22. The molecule has 0 bridgehead atoms. The molecule has 1 aliphatic heterocycles. The molecule has 0 radical (unpaired) electrons.